The zero-order valence-electron chi connectivity index (χ0n) is 19.2. The van der Waals surface area contributed by atoms with Gasteiger partial charge >= 0.3 is 0 Å². The number of pyridine rings is 1. The minimum Gasteiger partial charge on any atom is -0.488 e. The first-order valence-electron chi connectivity index (χ1n) is 11.4. The van der Waals surface area contributed by atoms with E-state index in [-0.39, 0.29) is 17.9 Å². The Labute approximate surface area is 212 Å². The Kier molecular flexibility index (Phi) is 6.78. The predicted molar refractivity (Wildman–Crippen MR) is 144 cm³/mol. The van der Waals surface area contributed by atoms with Gasteiger partial charge in [0, 0.05) is 26.9 Å². The molecule has 0 bridgehead atoms. The predicted octanol–water partition coefficient (Wildman–Crippen LogP) is 5.54. The van der Waals surface area contributed by atoms with Gasteiger partial charge in [-0.3, -0.25) is 9.59 Å². The van der Waals surface area contributed by atoms with Crippen LogP contribution >= 0.6 is 11.6 Å². The molecular formula is C29H22ClN3O3. The number of benzene rings is 4. The number of nitrogens with zero attached hydrogens (tertiary/aromatic N) is 2. The molecule has 1 N–H and O–H groups in total. The first kappa shape index (κ1) is 23.3. The lowest BCUT2D eigenvalue weighted by atomic mass is 10.1. The number of rotatable bonds is 7. The SMILES string of the molecule is O=C(Cn1c2ccccc2c(=O)c2ccccc21)N/N=C/c1ccccc1OCc1ccccc1Cl. The molecule has 0 aliphatic heterocycles. The van der Waals surface area contributed by atoms with Gasteiger partial charge in [0.05, 0.1) is 17.2 Å². The highest BCUT2D eigenvalue weighted by Gasteiger charge is 2.12. The fraction of sp³-hybridized carbons (Fsp3) is 0.0690. The summed E-state index contributed by atoms with van der Waals surface area (Å²) in [7, 11) is 0. The van der Waals surface area contributed by atoms with E-state index in [0.29, 0.717) is 44.7 Å². The van der Waals surface area contributed by atoms with Gasteiger partial charge < -0.3 is 9.30 Å². The van der Waals surface area contributed by atoms with Gasteiger partial charge in [0.15, 0.2) is 5.43 Å². The van der Waals surface area contributed by atoms with Gasteiger partial charge in [0.25, 0.3) is 5.91 Å². The molecule has 0 spiro atoms. The maximum atomic E-state index is 12.9. The van der Waals surface area contributed by atoms with E-state index in [0.717, 1.165) is 5.56 Å². The monoisotopic (exact) mass is 495 g/mol. The first-order chi connectivity index (χ1) is 17.6. The van der Waals surface area contributed by atoms with Gasteiger partial charge in [-0.25, -0.2) is 5.43 Å². The van der Waals surface area contributed by atoms with Crippen LogP contribution in [0.4, 0.5) is 0 Å². The van der Waals surface area contributed by atoms with E-state index in [1.807, 2.05) is 89.5 Å². The highest BCUT2D eigenvalue weighted by Crippen LogP contribution is 2.21. The molecule has 0 radical (unpaired) electrons. The number of ether oxygens (including phenoxy) is 1. The number of hydrogen-bond donors (Lipinski definition) is 1. The Bertz CT molecular complexity index is 1600. The maximum Gasteiger partial charge on any atom is 0.260 e. The highest BCUT2D eigenvalue weighted by molar-refractivity contribution is 6.31. The summed E-state index contributed by atoms with van der Waals surface area (Å²) in [6, 6.07) is 29.5. The average molecular weight is 496 g/mol. The number of fused-ring (bicyclic) bond motifs is 2. The number of carbonyl (C=O) groups is 1. The number of hydrogen-bond acceptors (Lipinski definition) is 4. The van der Waals surface area contributed by atoms with Crippen molar-refractivity contribution in [1.82, 2.24) is 9.99 Å². The van der Waals surface area contributed by atoms with E-state index in [1.54, 1.807) is 18.3 Å². The van der Waals surface area contributed by atoms with E-state index in [2.05, 4.69) is 10.5 Å². The van der Waals surface area contributed by atoms with E-state index < -0.39 is 0 Å². The van der Waals surface area contributed by atoms with Gasteiger partial charge in [0.1, 0.15) is 18.9 Å². The lowest BCUT2D eigenvalue weighted by Gasteiger charge is -2.14. The normalized spacial score (nSPS) is 11.2. The fourth-order valence-electron chi connectivity index (χ4n) is 4.09. The molecular weight excluding hydrogens is 474 g/mol. The summed E-state index contributed by atoms with van der Waals surface area (Å²) in [6.07, 6.45) is 1.54. The van der Waals surface area contributed by atoms with Crippen molar-refractivity contribution in [3.05, 3.63) is 123 Å². The molecule has 36 heavy (non-hydrogen) atoms. The highest BCUT2D eigenvalue weighted by atomic mass is 35.5. The number of halogens is 1. The van der Waals surface area contributed by atoms with E-state index in [9.17, 15) is 9.59 Å². The summed E-state index contributed by atoms with van der Waals surface area (Å²) >= 11 is 6.22. The van der Waals surface area contributed by atoms with Crippen LogP contribution in [0.1, 0.15) is 11.1 Å². The van der Waals surface area contributed by atoms with Crippen LogP contribution in [-0.4, -0.2) is 16.7 Å². The number of hydrazone groups is 1. The molecule has 0 saturated heterocycles. The van der Waals surface area contributed by atoms with Crippen molar-refractivity contribution in [2.24, 2.45) is 5.10 Å². The largest absolute Gasteiger partial charge is 0.488 e. The molecule has 4 aromatic carbocycles. The molecule has 0 aliphatic carbocycles. The Morgan fingerprint density at radius 3 is 2.19 bits per heavy atom. The number of aromatic nitrogens is 1. The molecule has 0 atom stereocenters. The first-order valence-corrected chi connectivity index (χ1v) is 11.8. The number of para-hydroxylation sites is 3. The Hall–Kier alpha value is -4.42. The second-order valence-corrected chi connectivity index (χ2v) is 8.57. The maximum absolute atomic E-state index is 12.9. The second-order valence-electron chi connectivity index (χ2n) is 8.16. The van der Waals surface area contributed by atoms with Crippen LogP contribution in [0.25, 0.3) is 21.8 Å². The van der Waals surface area contributed by atoms with Crippen LogP contribution in [0.5, 0.6) is 5.75 Å². The molecule has 0 saturated carbocycles. The van der Waals surface area contributed by atoms with Crippen molar-refractivity contribution < 1.29 is 9.53 Å². The Morgan fingerprint density at radius 2 is 1.47 bits per heavy atom. The van der Waals surface area contributed by atoms with Crippen LogP contribution in [0, 0.1) is 0 Å². The lowest BCUT2D eigenvalue weighted by Crippen LogP contribution is -2.25. The van der Waals surface area contributed by atoms with Gasteiger partial charge in [-0.05, 0) is 42.5 Å². The van der Waals surface area contributed by atoms with Crippen LogP contribution in [0.15, 0.2) is 107 Å². The molecule has 5 rings (SSSR count). The summed E-state index contributed by atoms with van der Waals surface area (Å²) < 4.78 is 7.77. The van der Waals surface area contributed by atoms with Gasteiger partial charge in [-0.2, -0.15) is 5.10 Å². The minimum atomic E-state index is -0.320. The Morgan fingerprint density at radius 1 is 0.861 bits per heavy atom. The van der Waals surface area contributed by atoms with Crippen LogP contribution in [0.3, 0.4) is 0 Å². The summed E-state index contributed by atoms with van der Waals surface area (Å²) in [6.45, 7) is 0.312. The second kappa shape index (κ2) is 10.5. The molecule has 7 heteroatoms. The van der Waals surface area contributed by atoms with Crippen LogP contribution in [-0.2, 0) is 17.9 Å². The third kappa shape index (κ3) is 4.85. The quantitative estimate of drug-likeness (QED) is 0.183. The molecule has 1 amide bonds. The number of amides is 1. The molecule has 1 heterocycles. The zero-order chi connectivity index (χ0) is 24.9. The van der Waals surface area contributed by atoms with Crippen molar-refractivity contribution in [2.75, 3.05) is 0 Å². The zero-order valence-corrected chi connectivity index (χ0v) is 20.0. The molecule has 0 aliphatic rings. The van der Waals surface area contributed by atoms with E-state index in [1.165, 1.54) is 0 Å². The topological polar surface area (TPSA) is 72.7 Å². The molecule has 6 nitrogen and oxygen atoms in total. The van der Waals surface area contributed by atoms with Gasteiger partial charge in [-0.1, -0.05) is 66.2 Å². The number of carbonyl (C=O) groups excluding carboxylic acids is 1. The van der Waals surface area contributed by atoms with Crippen molar-refractivity contribution in [2.45, 2.75) is 13.2 Å². The van der Waals surface area contributed by atoms with Crippen molar-refractivity contribution in [3.8, 4) is 5.75 Å². The van der Waals surface area contributed by atoms with Crippen molar-refractivity contribution >= 4 is 45.5 Å². The number of nitrogens with one attached hydrogen (secondary N) is 1. The van der Waals surface area contributed by atoms with E-state index >= 15 is 0 Å². The summed E-state index contributed by atoms with van der Waals surface area (Å²) in [5, 5.41) is 5.91. The third-order valence-corrected chi connectivity index (χ3v) is 6.20. The van der Waals surface area contributed by atoms with Crippen molar-refractivity contribution in [1.29, 1.82) is 0 Å². The summed E-state index contributed by atoms with van der Waals surface area (Å²) in [5.74, 6) is 0.299. The molecule has 5 aromatic rings. The molecule has 178 valence electrons. The lowest BCUT2D eigenvalue weighted by molar-refractivity contribution is -0.121. The van der Waals surface area contributed by atoms with E-state index in [4.69, 9.17) is 16.3 Å². The van der Waals surface area contributed by atoms with Gasteiger partial charge in [0.2, 0.25) is 0 Å². The van der Waals surface area contributed by atoms with Crippen LogP contribution in [0.2, 0.25) is 5.02 Å². The van der Waals surface area contributed by atoms with Crippen molar-refractivity contribution in [3.63, 3.8) is 0 Å². The standard InChI is InChI=1S/C29H22ClN3O3/c30-24-13-5-1-10-21(24)19-36-27-16-8-2-9-20(27)17-31-32-28(34)18-33-25-14-6-3-11-22(25)29(35)23-12-4-7-15-26(23)33/h1-17H,18-19H2,(H,32,34)/b31-17+. The average Bonchev–Trinajstić information content (AvgIpc) is 2.91. The Balaban J connectivity index is 1.34. The minimum absolute atomic E-state index is 0.00327. The third-order valence-electron chi connectivity index (χ3n) is 5.83. The molecule has 0 unspecified atom stereocenters. The molecule has 0 fully saturated rings. The smallest absolute Gasteiger partial charge is 0.260 e. The van der Waals surface area contributed by atoms with Gasteiger partial charge in [-0.15, -0.1) is 0 Å². The summed E-state index contributed by atoms with van der Waals surface area (Å²) in [4.78, 5) is 25.7. The summed E-state index contributed by atoms with van der Waals surface area (Å²) in [5.41, 5.74) is 5.51. The fourth-order valence-corrected chi connectivity index (χ4v) is 4.28. The van der Waals surface area contributed by atoms with Crippen LogP contribution < -0.4 is 15.6 Å². The molecule has 1 aromatic heterocycles.